The monoisotopic (exact) mass is 369 g/mol. The lowest BCUT2D eigenvalue weighted by Crippen LogP contribution is -2.11. The molecule has 0 atom stereocenters. The molecule has 2 aromatic carbocycles. The van der Waals surface area contributed by atoms with Crippen molar-refractivity contribution in [1.82, 2.24) is 9.55 Å². The van der Waals surface area contributed by atoms with E-state index in [9.17, 15) is 9.90 Å². The zero-order valence-electron chi connectivity index (χ0n) is 14.7. The number of anilines is 1. The van der Waals surface area contributed by atoms with Crippen molar-refractivity contribution >= 4 is 23.3 Å². The van der Waals surface area contributed by atoms with Crippen molar-refractivity contribution in [3.8, 4) is 11.4 Å². The van der Waals surface area contributed by atoms with Gasteiger partial charge in [-0.15, -0.1) is 0 Å². The first-order valence-corrected chi connectivity index (χ1v) is 8.62. The van der Waals surface area contributed by atoms with E-state index in [0.717, 1.165) is 16.8 Å². The van der Waals surface area contributed by atoms with Crippen LogP contribution < -0.4 is 4.90 Å². The molecule has 0 aliphatic rings. The summed E-state index contributed by atoms with van der Waals surface area (Å²) in [4.78, 5) is 17.8. The van der Waals surface area contributed by atoms with Crippen molar-refractivity contribution in [2.24, 2.45) is 0 Å². The number of carboxylic acid groups (broad SMARTS) is 1. The van der Waals surface area contributed by atoms with Crippen LogP contribution in [0.4, 0.5) is 5.69 Å². The molecule has 134 valence electrons. The molecular weight excluding hydrogens is 350 g/mol. The third-order valence-corrected chi connectivity index (χ3v) is 4.47. The van der Waals surface area contributed by atoms with Crippen LogP contribution in [0.25, 0.3) is 11.4 Å². The molecule has 5 nitrogen and oxygen atoms in total. The van der Waals surface area contributed by atoms with Gasteiger partial charge >= 0.3 is 5.97 Å². The number of halogens is 1. The Bertz CT molecular complexity index is 903. The van der Waals surface area contributed by atoms with E-state index >= 15 is 0 Å². The number of carboxylic acids is 1. The summed E-state index contributed by atoms with van der Waals surface area (Å²) in [5, 5.41) is 9.49. The van der Waals surface area contributed by atoms with Gasteiger partial charge in [-0.2, -0.15) is 0 Å². The van der Waals surface area contributed by atoms with Crippen LogP contribution in [0.2, 0.25) is 5.15 Å². The summed E-state index contributed by atoms with van der Waals surface area (Å²) in [5.74, 6) is -0.268. The summed E-state index contributed by atoms with van der Waals surface area (Å²) in [6.07, 6.45) is -0.172. The van der Waals surface area contributed by atoms with E-state index in [0.29, 0.717) is 18.1 Å². The van der Waals surface area contributed by atoms with Crippen LogP contribution in [-0.2, 0) is 17.8 Å². The summed E-state index contributed by atoms with van der Waals surface area (Å²) >= 11 is 6.29. The van der Waals surface area contributed by atoms with E-state index in [1.54, 1.807) is 0 Å². The lowest BCUT2D eigenvalue weighted by atomic mass is 10.1. The Labute approximate surface area is 157 Å². The fraction of sp³-hybridized carbons (Fsp3) is 0.200. The van der Waals surface area contributed by atoms with Crippen LogP contribution in [0.15, 0.2) is 54.6 Å². The van der Waals surface area contributed by atoms with E-state index < -0.39 is 5.97 Å². The van der Waals surface area contributed by atoms with Gasteiger partial charge in [0.2, 0.25) is 0 Å². The first-order valence-electron chi connectivity index (χ1n) is 8.24. The summed E-state index contributed by atoms with van der Waals surface area (Å²) in [7, 11) is 3.96. The summed E-state index contributed by atoms with van der Waals surface area (Å²) in [6.45, 7) is 0.508. The normalized spacial score (nSPS) is 10.7. The highest BCUT2D eigenvalue weighted by atomic mass is 35.5. The van der Waals surface area contributed by atoms with Gasteiger partial charge in [0, 0.05) is 31.9 Å². The number of aromatic nitrogens is 2. The van der Waals surface area contributed by atoms with Crippen molar-refractivity contribution in [1.29, 1.82) is 0 Å². The minimum Gasteiger partial charge on any atom is -0.481 e. The number of carbonyl (C=O) groups is 1. The fourth-order valence-corrected chi connectivity index (χ4v) is 3.08. The van der Waals surface area contributed by atoms with Crippen LogP contribution in [0.1, 0.15) is 11.3 Å². The highest BCUT2D eigenvalue weighted by molar-refractivity contribution is 6.30. The molecule has 0 bridgehead atoms. The molecule has 1 aromatic heterocycles. The number of hydrogen-bond donors (Lipinski definition) is 1. The van der Waals surface area contributed by atoms with Crippen molar-refractivity contribution < 1.29 is 9.90 Å². The van der Waals surface area contributed by atoms with Crippen LogP contribution >= 0.6 is 11.6 Å². The number of aliphatic carboxylic acids is 1. The van der Waals surface area contributed by atoms with E-state index in [1.165, 1.54) is 0 Å². The van der Waals surface area contributed by atoms with Crippen LogP contribution in [0.3, 0.4) is 0 Å². The molecule has 0 saturated heterocycles. The molecular formula is C20H20ClN3O2. The molecule has 3 rings (SSSR count). The topological polar surface area (TPSA) is 58.4 Å². The Hall–Kier alpha value is -2.79. The maximum absolute atomic E-state index is 11.3. The molecule has 1 heterocycles. The Morgan fingerprint density at radius 2 is 1.77 bits per heavy atom. The van der Waals surface area contributed by atoms with Gasteiger partial charge in [-0.1, -0.05) is 41.9 Å². The van der Waals surface area contributed by atoms with Crippen LogP contribution in [0.5, 0.6) is 0 Å². The SMILES string of the molecule is CN(C)c1ccc(-c2nc(Cl)c(CC(=O)O)n2Cc2ccccc2)cc1. The summed E-state index contributed by atoms with van der Waals surface area (Å²) in [5.41, 5.74) is 3.53. The third kappa shape index (κ3) is 3.89. The molecule has 0 aliphatic carbocycles. The first kappa shape index (κ1) is 18.0. The predicted molar refractivity (Wildman–Crippen MR) is 104 cm³/mol. The summed E-state index contributed by atoms with van der Waals surface area (Å²) < 4.78 is 1.89. The lowest BCUT2D eigenvalue weighted by molar-refractivity contribution is -0.136. The fourth-order valence-electron chi connectivity index (χ4n) is 2.83. The average Bonchev–Trinajstić information content (AvgIpc) is 2.91. The van der Waals surface area contributed by atoms with Gasteiger partial charge in [0.1, 0.15) is 5.82 Å². The Kier molecular flexibility index (Phi) is 5.28. The molecule has 0 fully saturated rings. The van der Waals surface area contributed by atoms with Crippen LogP contribution in [-0.4, -0.2) is 34.7 Å². The number of rotatable bonds is 6. The van der Waals surface area contributed by atoms with Crippen molar-refractivity contribution in [3.63, 3.8) is 0 Å². The quantitative estimate of drug-likeness (QED) is 0.714. The van der Waals surface area contributed by atoms with Crippen molar-refractivity contribution in [2.75, 3.05) is 19.0 Å². The Balaban J connectivity index is 2.07. The van der Waals surface area contributed by atoms with E-state index in [-0.39, 0.29) is 11.6 Å². The molecule has 1 N–H and O–H groups in total. The second kappa shape index (κ2) is 7.62. The van der Waals surface area contributed by atoms with Crippen molar-refractivity contribution in [2.45, 2.75) is 13.0 Å². The second-order valence-electron chi connectivity index (χ2n) is 6.26. The zero-order chi connectivity index (χ0) is 18.7. The highest BCUT2D eigenvalue weighted by Crippen LogP contribution is 2.28. The largest absolute Gasteiger partial charge is 0.481 e. The van der Waals surface area contributed by atoms with E-state index in [1.807, 2.05) is 78.2 Å². The van der Waals surface area contributed by atoms with Gasteiger partial charge in [-0.25, -0.2) is 4.98 Å². The molecule has 0 amide bonds. The molecule has 0 aliphatic heterocycles. The number of hydrogen-bond acceptors (Lipinski definition) is 3. The van der Waals surface area contributed by atoms with E-state index in [4.69, 9.17) is 11.6 Å². The molecule has 0 unspecified atom stereocenters. The van der Waals surface area contributed by atoms with E-state index in [2.05, 4.69) is 4.98 Å². The Morgan fingerprint density at radius 1 is 1.12 bits per heavy atom. The van der Waals surface area contributed by atoms with Gasteiger partial charge in [0.15, 0.2) is 5.15 Å². The third-order valence-electron chi connectivity index (χ3n) is 4.17. The molecule has 0 radical (unpaired) electrons. The first-order chi connectivity index (χ1) is 12.5. The zero-order valence-corrected chi connectivity index (χ0v) is 15.4. The van der Waals surface area contributed by atoms with Gasteiger partial charge in [-0.05, 0) is 29.8 Å². The van der Waals surface area contributed by atoms with Gasteiger partial charge in [-0.3, -0.25) is 4.79 Å². The minimum atomic E-state index is -0.935. The second-order valence-corrected chi connectivity index (χ2v) is 6.61. The smallest absolute Gasteiger partial charge is 0.309 e. The molecule has 26 heavy (non-hydrogen) atoms. The van der Waals surface area contributed by atoms with Gasteiger partial charge in [0.05, 0.1) is 12.1 Å². The van der Waals surface area contributed by atoms with Crippen LogP contribution in [0, 0.1) is 0 Å². The standard InChI is InChI=1S/C20H20ClN3O2/c1-23(2)16-10-8-15(9-11-16)20-22-19(21)17(12-18(25)26)24(20)13-14-6-4-3-5-7-14/h3-11H,12-13H2,1-2H3,(H,25,26). The molecule has 0 spiro atoms. The molecule has 3 aromatic rings. The summed E-state index contributed by atoms with van der Waals surface area (Å²) in [6, 6.07) is 17.8. The average molecular weight is 370 g/mol. The maximum Gasteiger partial charge on any atom is 0.309 e. The number of nitrogens with zero attached hydrogens (tertiary/aromatic N) is 3. The van der Waals surface area contributed by atoms with Gasteiger partial charge < -0.3 is 14.6 Å². The van der Waals surface area contributed by atoms with Gasteiger partial charge in [0.25, 0.3) is 0 Å². The Morgan fingerprint density at radius 3 is 2.35 bits per heavy atom. The number of imidazole rings is 1. The lowest BCUT2D eigenvalue weighted by Gasteiger charge is -2.14. The predicted octanol–water partition coefficient (Wildman–Crippen LogP) is 3.94. The minimum absolute atomic E-state index is 0.172. The molecule has 6 heteroatoms. The number of benzene rings is 2. The maximum atomic E-state index is 11.3. The van der Waals surface area contributed by atoms with Crippen molar-refractivity contribution in [3.05, 3.63) is 71.0 Å². The highest BCUT2D eigenvalue weighted by Gasteiger charge is 2.19. The molecule has 0 saturated carbocycles.